The van der Waals surface area contributed by atoms with E-state index in [0.29, 0.717) is 0 Å². The van der Waals surface area contributed by atoms with Crippen LogP contribution in [0, 0.1) is 0 Å². The Morgan fingerprint density at radius 1 is 1.21 bits per heavy atom. The van der Waals surface area contributed by atoms with Crippen LogP contribution in [0.4, 0.5) is 0 Å². The van der Waals surface area contributed by atoms with Crippen LogP contribution in [-0.4, -0.2) is 13.2 Å². The summed E-state index contributed by atoms with van der Waals surface area (Å²) in [4.78, 5) is 0. The van der Waals surface area contributed by atoms with Crippen LogP contribution in [0.15, 0.2) is 42.5 Å². The van der Waals surface area contributed by atoms with Crippen molar-refractivity contribution in [3.8, 4) is 0 Å². The number of hydrogen-bond acceptors (Lipinski definition) is 1. The molecule has 0 unspecified atom stereocenters. The average molecular weight is 190 g/mol. The van der Waals surface area contributed by atoms with Gasteiger partial charge in [0.25, 0.3) is 0 Å². The van der Waals surface area contributed by atoms with E-state index in [4.69, 9.17) is 4.74 Å². The molecule has 0 aliphatic rings. The number of ether oxygens (including phenoxy) is 1. The molecule has 0 amide bonds. The summed E-state index contributed by atoms with van der Waals surface area (Å²) >= 11 is 0. The molecule has 0 aliphatic carbocycles. The molecule has 0 aliphatic heterocycles. The molecule has 0 saturated carbocycles. The van der Waals surface area contributed by atoms with E-state index in [1.165, 1.54) is 5.56 Å². The van der Waals surface area contributed by atoms with Crippen LogP contribution in [0.3, 0.4) is 0 Å². The Kier molecular flexibility index (Phi) is 5.76. The van der Waals surface area contributed by atoms with Crippen molar-refractivity contribution in [2.45, 2.75) is 19.8 Å². The van der Waals surface area contributed by atoms with Gasteiger partial charge in [-0.1, -0.05) is 42.5 Å². The fourth-order valence-electron chi connectivity index (χ4n) is 1.27. The molecule has 1 aromatic rings. The lowest BCUT2D eigenvalue weighted by molar-refractivity contribution is 0.159. The van der Waals surface area contributed by atoms with E-state index in [9.17, 15) is 0 Å². The van der Waals surface area contributed by atoms with Crippen LogP contribution in [0.5, 0.6) is 0 Å². The fraction of sp³-hybridized carbons (Fsp3) is 0.385. The van der Waals surface area contributed by atoms with E-state index in [-0.39, 0.29) is 0 Å². The zero-order valence-corrected chi connectivity index (χ0v) is 8.78. The fourth-order valence-corrected chi connectivity index (χ4v) is 1.27. The Hall–Kier alpha value is -1.08. The largest absolute Gasteiger partial charge is 0.377 e. The van der Waals surface area contributed by atoms with Gasteiger partial charge in [-0.25, -0.2) is 0 Å². The van der Waals surface area contributed by atoms with Crippen LogP contribution in [0.1, 0.15) is 18.9 Å². The zero-order valence-electron chi connectivity index (χ0n) is 8.78. The first-order valence-electron chi connectivity index (χ1n) is 5.16. The molecule has 1 heteroatoms. The second-order valence-corrected chi connectivity index (χ2v) is 3.23. The maximum Gasteiger partial charge on any atom is 0.0647 e. The molecule has 0 atom stereocenters. The summed E-state index contributed by atoms with van der Waals surface area (Å²) in [5, 5.41) is 0. The highest BCUT2D eigenvalue weighted by atomic mass is 16.5. The number of allylic oxidation sites excluding steroid dienone is 1. The quantitative estimate of drug-likeness (QED) is 0.494. The summed E-state index contributed by atoms with van der Waals surface area (Å²) in [6, 6.07) is 10.5. The number of hydrogen-bond donors (Lipinski definition) is 0. The van der Waals surface area contributed by atoms with E-state index < -0.39 is 0 Å². The summed E-state index contributed by atoms with van der Waals surface area (Å²) < 4.78 is 5.41. The molecule has 0 fully saturated rings. The first-order chi connectivity index (χ1) is 6.93. The predicted octanol–water partition coefficient (Wildman–Crippen LogP) is 3.21. The molecule has 0 radical (unpaired) electrons. The molecule has 76 valence electrons. The maximum absolute atomic E-state index is 5.41. The van der Waals surface area contributed by atoms with Crippen LogP contribution in [-0.2, 0) is 11.2 Å². The van der Waals surface area contributed by atoms with Gasteiger partial charge in [0.1, 0.15) is 0 Å². The third-order valence-electron chi connectivity index (χ3n) is 2.05. The van der Waals surface area contributed by atoms with Crippen molar-refractivity contribution in [3.63, 3.8) is 0 Å². The number of rotatable bonds is 6. The first kappa shape index (κ1) is 11.0. The monoisotopic (exact) mass is 190 g/mol. The van der Waals surface area contributed by atoms with Crippen molar-refractivity contribution in [1.29, 1.82) is 0 Å². The van der Waals surface area contributed by atoms with Gasteiger partial charge in [0.15, 0.2) is 0 Å². The van der Waals surface area contributed by atoms with Gasteiger partial charge in [-0.3, -0.25) is 0 Å². The summed E-state index contributed by atoms with van der Waals surface area (Å²) in [6.45, 7) is 3.60. The Morgan fingerprint density at radius 2 is 2.00 bits per heavy atom. The first-order valence-corrected chi connectivity index (χ1v) is 5.16. The van der Waals surface area contributed by atoms with Gasteiger partial charge in [0.05, 0.1) is 6.61 Å². The normalized spacial score (nSPS) is 10.9. The van der Waals surface area contributed by atoms with Crippen molar-refractivity contribution in [1.82, 2.24) is 0 Å². The van der Waals surface area contributed by atoms with Gasteiger partial charge in [-0.2, -0.15) is 0 Å². The minimum atomic E-state index is 0.741. The van der Waals surface area contributed by atoms with Crippen molar-refractivity contribution >= 4 is 0 Å². The lowest BCUT2D eigenvalue weighted by Gasteiger charge is -2.01. The molecule has 1 rings (SSSR count). The van der Waals surface area contributed by atoms with Crippen molar-refractivity contribution in [2.24, 2.45) is 0 Å². The molecular weight excluding hydrogens is 172 g/mol. The minimum Gasteiger partial charge on any atom is -0.377 e. The Morgan fingerprint density at radius 3 is 2.71 bits per heavy atom. The van der Waals surface area contributed by atoms with Gasteiger partial charge in [-0.15, -0.1) is 0 Å². The second-order valence-electron chi connectivity index (χ2n) is 3.23. The highest BCUT2D eigenvalue weighted by Crippen LogP contribution is 2.02. The molecule has 0 heterocycles. The van der Waals surface area contributed by atoms with Gasteiger partial charge < -0.3 is 4.74 Å². The summed E-state index contributed by atoms with van der Waals surface area (Å²) in [5.74, 6) is 0. The summed E-state index contributed by atoms with van der Waals surface area (Å²) in [7, 11) is 0. The molecule has 0 saturated heterocycles. The Bertz CT molecular complexity index is 251. The lowest BCUT2D eigenvalue weighted by atomic mass is 10.1. The lowest BCUT2D eigenvalue weighted by Crippen LogP contribution is -1.96. The minimum absolute atomic E-state index is 0.741. The van der Waals surface area contributed by atoms with E-state index in [0.717, 1.165) is 26.1 Å². The summed E-state index contributed by atoms with van der Waals surface area (Å²) in [6.07, 6.45) is 6.25. The second kappa shape index (κ2) is 7.34. The van der Waals surface area contributed by atoms with Crippen molar-refractivity contribution in [2.75, 3.05) is 13.2 Å². The third-order valence-corrected chi connectivity index (χ3v) is 2.05. The number of benzene rings is 1. The van der Waals surface area contributed by atoms with E-state index >= 15 is 0 Å². The van der Waals surface area contributed by atoms with E-state index in [1.807, 2.05) is 25.1 Å². The van der Waals surface area contributed by atoms with Gasteiger partial charge >= 0.3 is 0 Å². The van der Waals surface area contributed by atoms with Crippen LogP contribution in [0.25, 0.3) is 0 Å². The summed E-state index contributed by atoms with van der Waals surface area (Å²) in [5.41, 5.74) is 1.39. The molecule has 0 N–H and O–H groups in total. The van der Waals surface area contributed by atoms with Crippen molar-refractivity contribution in [3.05, 3.63) is 48.0 Å². The molecular formula is C13H18O. The standard InChI is InChI=1S/C13H18O/c1-2-3-11-14-12-7-10-13-8-5-4-6-9-13/h2-6,8-9H,7,10-12H2,1H3/b3-2+. The maximum atomic E-state index is 5.41. The van der Waals surface area contributed by atoms with Crippen LogP contribution in [0.2, 0.25) is 0 Å². The molecule has 0 bridgehead atoms. The Balaban J connectivity index is 2.05. The topological polar surface area (TPSA) is 9.23 Å². The van der Waals surface area contributed by atoms with E-state index in [1.54, 1.807) is 0 Å². The zero-order chi connectivity index (χ0) is 10.1. The average Bonchev–Trinajstić information content (AvgIpc) is 2.25. The Labute approximate surface area is 86.4 Å². The molecule has 1 aromatic carbocycles. The van der Waals surface area contributed by atoms with Crippen molar-refractivity contribution < 1.29 is 4.74 Å². The smallest absolute Gasteiger partial charge is 0.0647 e. The van der Waals surface area contributed by atoms with Gasteiger partial charge in [0.2, 0.25) is 0 Å². The highest BCUT2D eigenvalue weighted by molar-refractivity contribution is 5.14. The third kappa shape index (κ3) is 4.83. The predicted molar refractivity (Wildman–Crippen MR) is 60.4 cm³/mol. The highest BCUT2D eigenvalue weighted by Gasteiger charge is 1.91. The van der Waals surface area contributed by atoms with Gasteiger partial charge in [0, 0.05) is 6.61 Å². The van der Waals surface area contributed by atoms with Crippen LogP contribution >= 0.6 is 0 Å². The number of aryl methyl sites for hydroxylation is 1. The van der Waals surface area contributed by atoms with E-state index in [2.05, 4.69) is 24.3 Å². The SMILES string of the molecule is C/C=C/COCCCc1ccccc1. The molecule has 14 heavy (non-hydrogen) atoms. The molecule has 1 nitrogen and oxygen atoms in total. The van der Waals surface area contributed by atoms with Crippen LogP contribution < -0.4 is 0 Å². The molecule has 0 spiro atoms. The van der Waals surface area contributed by atoms with Gasteiger partial charge in [-0.05, 0) is 25.3 Å². The molecule has 0 aromatic heterocycles.